The minimum atomic E-state index is -0.209. The zero-order valence-corrected chi connectivity index (χ0v) is 11.0. The van der Waals surface area contributed by atoms with Crippen LogP contribution < -0.4 is 10.6 Å². The van der Waals surface area contributed by atoms with E-state index in [9.17, 15) is 4.79 Å². The molecule has 0 atom stereocenters. The van der Waals surface area contributed by atoms with Crippen LogP contribution in [0.4, 0.5) is 11.6 Å². The molecule has 0 saturated heterocycles. The highest BCUT2D eigenvalue weighted by molar-refractivity contribution is 6.03. The minimum Gasteiger partial charge on any atom is -0.356 e. The van der Waals surface area contributed by atoms with Crippen molar-refractivity contribution in [3.05, 3.63) is 23.8 Å². The van der Waals surface area contributed by atoms with Crippen molar-refractivity contribution in [3.8, 4) is 0 Å². The summed E-state index contributed by atoms with van der Waals surface area (Å²) in [7, 11) is 1.82. The molecule has 0 saturated carbocycles. The van der Waals surface area contributed by atoms with Crippen LogP contribution in [0, 0.1) is 6.92 Å². The molecule has 0 radical (unpaired) electrons. The first-order valence-electron chi connectivity index (χ1n) is 6.26. The number of amides is 1. The predicted octanol–water partition coefficient (Wildman–Crippen LogP) is 0.993. The van der Waals surface area contributed by atoms with Gasteiger partial charge in [0.15, 0.2) is 0 Å². The van der Waals surface area contributed by atoms with E-state index in [1.54, 1.807) is 17.1 Å². The van der Waals surface area contributed by atoms with Gasteiger partial charge in [-0.2, -0.15) is 5.10 Å². The van der Waals surface area contributed by atoms with Crippen LogP contribution in [0.15, 0.2) is 12.4 Å². The van der Waals surface area contributed by atoms with E-state index in [0.29, 0.717) is 11.4 Å². The van der Waals surface area contributed by atoms with Gasteiger partial charge in [-0.3, -0.25) is 9.48 Å². The standard InChI is InChI=1S/C12H16N6O/c1-8-9(6-17(2)16-8)14-11(19)10-7-18-5-3-4-13-12(18)15-10/h6-7H,3-5H2,1-2H3,(H,13,15)(H,14,19). The van der Waals surface area contributed by atoms with Gasteiger partial charge >= 0.3 is 0 Å². The molecule has 0 aromatic carbocycles. The van der Waals surface area contributed by atoms with Crippen LogP contribution in [-0.2, 0) is 13.6 Å². The summed E-state index contributed by atoms with van der Waals surface area (Å²) in [5, 5.41) is 10.2. The molecule has 1 aliphatic rings. The van der Waals surface area contributed by atoms with Gasteiger partial charge in [0.25, 0.3) is 5.91 Å². The van der Waals surface area contributed by atoms with Crippen molar-refractivity contribution in [2.24, 2.45) is 7.05 Å². The lowest BCUT2D eigenvalue weighted by molar-refractivity contribution is 0.102. The second kappa shape index (κ2) is 4.42. The van der Waals surface area contributed by atoms with Crippen molar-refractivity contribution in [3.63, 3.8) is 0 Å². The molecule has 3 rings (SSSR count). The van der Waals surface area contributed by atoms with Crippen molar-refractivity contribution in [1.82, 2.24) is 19.3 Å². The zero-order chi connectivity index (χ0) is 13.4. The van der Waals surface area contributed by atoms with E-state index in [2.05, 4.69) is 20.7 Å². The quantitative estimate of drug-likeness (QED) is 0.844. The van der Waals surface area contributed by atoms with Crippen LogP contribution in [0.25, 0.3) is 0 Å². The Labute approximate surface area is 110 Å². The summed E-state index contributed by atoms with van der Waals surface area (Å²) in [6.45, 7) is 3.66. The van der Waals surface area contributed by atoms with Crippen LogP contribution in [-0.4, -0.2) is 31.8 Å². The first kappa shape index (κ1) is 11.8. The fourth-order valence-electron chi connectivity index (χ4n) is 2.20. The highest BCUT2D eigenvalue weighted by Crippen LogP contribution is 2.16. The molecule has 7 nitrogen and oxygen atoms in total. The summed E-state index contributed by atoms with van der Waals surface area (Å²) in [6, 6.07) is 0. The number of nitrogens with zero attached hydrogens (tertiary/aromatic N) is 4. The van der Waals surface area contributed by atoms with Crippen LogP contribution >= 0.6 is 0 Å². The Balaban J connectivity index is 1.80. The van der Waals surface area contributed by atoms with Gasteiger partial charge in [-0.15, -0.1) is 0 Å². The number of hydrogen-bond donors (Lipinski definition) is 2. The summed E-state index contributed by atoms with van der Waals surface area (Å²) < 4.78 is 3.64. The summed E-state index contributed by atoms with van der Waals surface area (Å²) in [6.07, 6.45) is 4.61. The van der Waals surface area contributed by atoms with Crippen LogP contribution in [0.1, 0.15) is 22.6 Å². The Morgan fingerprint density at radius 1 is 1.47 bits per heavy atom. The van der Waals surface area contributed by atoms with E-state index < -0.39 is 0 Å². The van der Waals surface area contributed by atoms with Gasteiger partial charge in [-0.25, -0.2) is 4.98 Å². The minimum absolute atomic E-state index is 0.209. The molecule has 0 aliphatic carbocycles. The molecule has 0 spiro atoms. The smallest absolute Gasteiger partial charge is 0.276 e. The molecule has 0 bridgehead atoms. The lowest BCUT2D eigenvalue weighted by Gasteiger charge is -2.14. The monoisotopic (exact) mass is 260 g/mol. The van der Waals surface area contributed by atoms with Gasteiger partial charge in [0.05, 0.1) is 11.4 Å². The normalized spacial score (nSPS) is 13.8. The number of aryl methyl sites for hydroxylation is 3. The number of imidazole rings is 1. The Hall–Kier alpha value is -2.31. The van der Waals surface area contributed by atoms with Gasteiger partial charge in [0.1, 0.15) is 5.69 Å². The predicted molar refractivity (Wildman–Crippen MR) is 71.2 cm³/mol. The van der Waals surface area contributed by atoms with Gasteiger partial charge in [-0.1, -0.05) is 0 Å². The topological polar surface area (TPSA) is 76.8 Å². The number of aromatic nitrogens is 4. The lowest BCUT2D eigenvalue weighted by atomic mass is 10.3. The van der Waals surface area contributed by atoms with Crippen molar-refractivity contribution >= 4 is 17.5 Å². The average Bonchev–Trinajstić information content (AvgIpc) is 2.93. The molecule has 2 aromatic rings. The van der Waals surface area contributed by atoms with E-state index in [1.165, 1.54) is 0 Å². The summed E-state index contributed by atoms with van der Waals surface area (Å²) in [5.74, 6) is 0.555. The molecule has 1 amide bonds. The number of fused-ring (bicyclic) bond motifs is 1. The second-order valence-corrected chi connectivity index (χ2v) is 4.68. The summed E-state index contributed by atoms with van der Waals surface area (Å²) in [5.41, 5.74) is 1.93. The van der Waals surface area contributed by atoms with Crippen molar-refractivity contribution < 1.29 is 4.79 Å². The Morgan fingerprint density at radius 2 is 2.32 bits per heavy atom. The molecule has 19 heavy (non-hydrogen) atoms. The van der Waals surface area contributed by atoms with E-state index in [0.717, 1.165) is 31.2 Å². The maximum atomic E-state index is 12.1. The second-order valence-electron chi connectivity index (χ2n) is 4.68. The van der Waals surface area contributed by atoms with Gasteiger partial charge in [0, 0.05) is 32.5 Å². The van der Waals surface area contributed by atoms with E-state index in [4.69, 9.17) is 0 Å². The highest BCUT2D eigenvalue weighted by atomic mass is 16.1. The molecule has 1 aliphatic heterocycles. The van der Waals surface area contributed by atoms with Gasteiger partial charge in [-0.05, 0) is 13.3 Å². The van der Waals surface area contributed by atoms with Gasteiger partial charge < -0.3 is 15.2 Å². The molecule has 3 heterocycles. The third kappa shape index (κ3) is 2.18. The maximum absolute atomic E-state index is 12.1. The van der Waals surface area contributed by atoms with Gasteiger partial charge in [0.2, 0.25) is 5.95 Å². The maximum Gasteiger partial charge on any atom is 0.276 e. The van der Waals surface area contributed by atoms with E-state index >= 15 is 0 Å². The number of rotatable bonds is 2. The van der Waals surface area contributed by atoms with Crippen LogP contribution in [0.3, 0.4) is 0 Å². The number of nitrogens with one attached hydrogen (secondary N) is 2. The Morgan fingerprint density at radius 3 is 3.00 bits per heavy atom. The Kier molecular flexibility index (Phi) is 2.73. The zero-order valence-electron chi connectivity index (χ0n) is 11.0. The number of carbonyl (C=O) groups is 1. The third-order valence-corrected chi connectivity index (χ3v) is 3.13. The largest absolute Gasteiger partial charge is 0.356 e. The van der Waals surface area contributed by atoms with E-state index in [-0.39, 0.29) is 5.91 Å². The molecular weight excluding hydrogens is 244 g/mol. The first-order valence-corrected chi connectivity index (χ1v) is 6.26. The average molecular weight is 260 g/mol. The van der Waals surface area contributed by atoms with E-state index in [1.807, 2.05) is 18.5 Å². The fraction of sp³-hybridized carbons (Fsp3) is 0.417. The molecule has 2 aromatic heterocycles. The molecule has 2 N–H and O–H groups in total. The number of carbonyl (C=O) groups excluding carboxylic acids is 1. The van der Waals surface area contributed by atoms with Crippen LogP contribution in [0.5, 0.6) is 0 Å². The van der Waals surface area contributed by atoms with Crippen molar-refractivity contribution in [1.29, 1.82) is 0 Å². The van der Waals surface area contributed by atoms with Crippen LogP contribution in [0.2, 0.25) is 0 Å². The third-order valence-electron chi connectivity index (χ3n) is 3.13. The SMILES string of the molecule is Cc1nn(C)cc1NC(=O)c1cn2c(n1)NCCC2. The fourth-order valence-corrected chi connectivity index (χ4v) is 2.20. The molecule has 100 valence electrons. The molecule has 0 fully saturated rings. The molecular formula is C12H16N6O. The lowest BCUT2D eigenvalue weighted by Crippen LogP contribution is -2.16. The number of anilines is 2. The highest BCUT2D eigenvalue weighted by Gasteiger charge is 2.17. The first-order chi connectivity index (χ1) is 9.13. The van der Waals surface area contributed by atoms with Crippen molar-refractivity contribution in [2.45, 2.75) is 19.9 Å². The van der Waals surface area contributed by atoms with Crippen molar-refractivity contribution in [2.75, 3.05) is 17.2 Å². The summed E-state index contributed by atoms with van der Waals surface area (Å²) in [4.78, 5) is 16.4. The Bertz CT molecular complexity index is 603. The summed E-state index contributed by atoms with van der Waals surface area (Å²) >= 11 is 0. The number of hydrogen-bond acceptors (Lipinski definition) is 4. The molecule has 0 unspecified atom stereocenters. The molecule has 7 heteroatoms.